The third-order valence-electron chi connectivity index (χ3n) is 5.28. The van der Waals surface area contributed by atoms with E-state index in [0.29, 0.717) is 0 Å². The van der Waals surface area contributed by atoms with Crippen LogP contribution in [0.25, 0.3) is 6.08 Å². The Labute approximate surface area is 130 Å². The second-order valence-electron chi connectivity index (χ2n) is 6.12. The SMILES string of the molecule is CC1C(c2ccc(/C=C\I)cc2)CC2CCC1N2C. The van der Waals surface area contributed by atoms with E-state index in [0.717, 1.165) is 23.9 Å². The van der Waals surface area contributed by atoms with Crippen molar-refractivity contribution in [2.24, 2.45) is 5.92 Å². The number of piperidine rings is 1. The highest BCUT2D eigenvalue weighted by atomic mass is 127. The van der Waals surface area contributed by atoms with E-state index in [9.17, 15) is 0 Å². The molecule has 4 atom stereocenters. The minimum absolute atomic E-state index is 0.756. The van der Waals surface area contributed by atoms with Crippen LogP contribution in [0.5, 0.6) is 0 Å². The predicted molar refractivity (Wildman–Crippen MR) is 90.6 cm³/mol. The number of fused-ring (bicyclic) bond motifs is 2. The Morgan fingerprint density at radius 1 is 1.21 bits per heavy atom. The summed E-state index contributed by atoms with van der Waals surface area (Å²) >= 11 is 2.28. The van der Waals surface area contributed by atoms with E-state index in [1.807, 2.05) is 0 Å². The van der Waals surface area contributed by atoms with Crippen molar-refractivity contribution in [3.8, 4) is 0 Å². The van der Waals surface area contributed by atoms with Gasteiger partial charge in [0.05, 0.1) is 0 Å². The Bertz CT molecular complexity index is 465. The van der Waals surface area contributed by atoms with Gasteiger partial charge in [0, 0.05) is 12.1 Å². The molecular weight excluding hydrogens is 345 g/mol. The Hall–Kier alpha value is -0.350. The van der Waals surface area contributed by atoms with Gasteiger partial charge in [-0.1, -0.05) is 53.8 Å². The summed E-state index contributed by atoms with van der Waals surface area (Å²) < 4.78 is 2.07. The lowest BCUT2D eigenvalue weighted by Crippen LogP contribution is -2.44. The number of benzene rings is 1. The number of nitrogens with zero attached hydrogens (tertiary/aromatic N) is 1. The molecule has 0 aliphatic carbocycles. The molecule has 0 radical (unpaired) electrons. The Morgan fingerprint density at radius 2 is 1.95 bits per heavy atom. The first-order chi connectivity index (χ1) is 9.20. The molecule has 2 aliphatic heterocycles. The minimum atomic E-state index is 0.756. The summed E-state index contributed by atoms with van der Waals surface area (Å²) in [5.74, 6) is 1.54. The largest absolute Gasteiger partial charge is 0.300 e. The third-order valence-corrected chi connectivity index (χ3v) is 5.64. The first-order valence-corrected chi connectivity index (χ1v) is 8.54. The first kappa shape index (κ1) is 13.6. The molecule has 102 valence electrons. The summed E-state index contributed by atoms with van der Waals surface area (Å²) in [5.41, 5.74) is 2.85. The van der Waals surface area contributed by atoms with Crippen LogP contribution in [0, 0.1) is 5.92 Å². The maximum absolute atomic E-state index is 2.63. The summed E-state index contributed by atoms with van der Waals surface area (Å²) in [4.78, 5) is 2.63. The van der Waals surface area contributed by atoms with Crippen molar-refractivity contribution in [2.45, 2.75) is 44.2 Å². The molecule has 2 heteroatoms. The monoisotopic (exact) mass is 367 g/mol. The molecule has 1 nitrogen and oxygen atoms in total. The number of hydrogen-bond acceptors (Lipinski definition) is 1. The van der Waals surface area contributed by atoms with Crippen LogP contribution in [0.2, 0.25) is 0 Å². The molecule has 0 saturated carbocycles. The zero-order chi connectivity index (χ0) is 13.4. The fourth-order valence-corrected chi connectivity index (χ4v) is 4.52. The fourth-order valence-electron chi connectivity index (χ4n) is 4.10. The molecule has 2 aliphatic rings. The minimum Gasteiger partial charge on any atom is -0.300 e. The molecule has 2 saturated heterocycles. The molecule has 0 aromatic heterocycles. The molecular formula is C17H22IN. The van der Waals surface area contributed by atoms with Gasteiger partial charge in [-0.2, -0.15) is 0 Å². The second-order valence-corrected chi connectivity index (χ2v) is 6.84. The van der Waals surface area contributed by atoms with Gasteiger partial charge in [0.1, 0.15) is 0 Å². The van der Waals surface area contributed by atoms with Crippen LogP contribution in [0.15, 0.2) is 28.3 Å². The summed E-state index contributed by atoms with van der Waals surface area (Å²) in [6, 6.07) is 10.8. The average molecular weight is 367 g/mol. The molecule has 4 unspecified atom stereocenters. The molecule has 3 rings (SSSR count). The van der Waals surface area contributed by atoms with Crippen molar-refractivity contribution in [3.05, 3.63) is 39.5 Å². The average Bonchev–Trinajstić information content (AvgIpc) is 2.67. The fraction of sp³-hybridized carbons (Fsp3) is 0.529. The Kier molecular flexibility index (Phi) is 3.99. The molecule has 0 amide bonds. The highest BCUT2D eigenvalue weighted by Crippen LogP contribution is 2.45. The van der Waals surface area contributed by atoms with Gasteiger partial charge < -0.3 is 4.90 Å². The molecule has 0 N–H and O–H groups in total. The van der Waals surface area contributed by atoms with Crippen LogP contribution in [-0.4, -0.2) is 24.0 Å². The first-order valence-electron chi connectivity index (χ1n) is 7.29. The van der Waals surface area contributed by atoms with Gasteiger partial charge in [-0.15, -0.1) is 0 Å². The van der Waals surface area contributed by atoms with E-state index < -0.39 is 0 Å². The highest BCUT2D eigenvalue weighted by Gasteiger charge is 2.43. The van der Waals surface area contributed by atoms with Crippen LogP contribution in [0.3, 0.4) is 0 Å². The third kappa shape index (κ3) is 2.49. The summed E-state index contributed by atoms with van der Waals surface area (Å²) in [5, 5.41) is 0. The molecule has 1 aromatic carbocycles. The molecule has 19 heavy (non-hydrogen) atoms. The van der Waals surface area contributed by atoms with E-state index in [2.05, 4.69) is 75.9 Å². The summed E-state index contributed by atoms with van der Waals surface area (Å²) in [6.07, 6.45) is 6.30. The molecule has 2 bridgehead atoms. The second kappa shape index (κ2) is 5.57. The lowest BCUT2D eigenvalue weighted by molar-refractivity contribution is 0.110. The van der Waals surface area contributed by atoms with Crippen molar-refractivity contribution in [1.82, 2.24) is 4.90 Å². The number of halogens is 1. The maximum Gasteiger partial charge on any atom is 0.0127 e. The van der Waals surface area contributed by atoms with E-state index in [1.54, 1.807) is 5.56 Å². The quantitative estimate of drug-likeness (QED) is 0.687. The van der Waals surface area contributed by atoms with Gasteiger partial charge in [-0.05, 0) is 59.4 Å². The van der Waals surface area contributed by atoms with E-state index >= 15 is 0 Å². The lowest BCUT2D eigenvalue weighted by atomic mass is 9.77. The van der Waals surface area contributed by atoms with Crippen LogP contribution in [0.1, 0.15) is 43.2 Å². The zero-order valence-electron chi connectivity index (χ0n) is 11.7. The Balaban J connectivity index is 1.82. The lowest BCUT2D eigenvalue weighted by Gasteiger charge is -2.41. The predicted octanol–water partition coefficient (Wildman–Crippen LogP) is 4.68. The van der Waals surface area contributed by atoms with Gasteiger partial charge in [0.25, 0.3) is 0 Å². The molecule has 2 heterocycles. The van der Waals surface area contributed by atoms with Gasteiger partial charge >= 0.3 is 0 Å². The van der Waals surface area contributed by atoms with Crippen molar-refractivity contribution >= 4 is 28.7 Å². The van der Waals surface area contributed by atoms with E-state index in [4.69, 9.17) is 0 Å². The zero-order valence-corrected chi connectivity index (χ0v) is 13.9. The van der Waals surface area contributed by atoms with Crippen molar-refractivity contribution in [1.29, 1.82) is 0 Å². The van der Waals surface area contributed by atoms with Gasteiger partial charge in [0.2, 0.25) is 0 Å². The summed E-state index contributed by atoms with van der Waals surface area (Å²) in [6.45, 7) is 2.45. The molecule has 1 aromatic rings. The van der Waals surface area contributed by atoms with E-state index in [1.165, 1.54) is 24.8 Å². The van der Waals surface area contributed by atoms with Crippen molar-refractivity contribution < 1.29 is 0 Å². The number of hydrogen-bond donors (Lipinski definition) is 0. The standard InChI is InChI=1S/C17H22IN/c1-12-16(11-15-7-8-17(12)19(15)2)14-5-3-13(4-6-14)9-10-18/h3-6,9-10,12,15-17H,7-8,11H2,1-2H3/b10-9-. The van der Waals surface area contributed by atoms with Crippen LogP contribution in [-0.2, 0) is 0 Å². The number of rotatable bonds is 2. The molecule has 0 spiro atoms. The molecule has 2 fully saturated rings. The smallest absolute Gasteiger partial charge is 0.0127 e. The summed E-state index contributed by atoms with van der Waals surface area (Å²) in [7, 11) is 2.32. The van der Waals surface area contributed by atoms with Crippen LogP contribution < -0.4 is 0 Å². The normalized spacial score (nSPS) is 35.1. The highest BCUT2D eigenvalue weighted by molar-refractivity contribution is 14.1. The Morgan fingerprint density at radius 3 is 2.63 bits per heavy atom. The van der Waals surface area contributed by atoms with Gasteiger partial charge in [-0.3, -0.25) is 0 Å². The van der Waals surface area contributed by atoms with Crippen molar-refractivity contribution in [3.63, 3.8) is 0 Å². The van der Waals surface area contributed by atoms with Crippen LogP contribution in [0.4, 0.5) is 0 Å². The van der Waals surface area contributed by atoms with Crippen molar-refractivity contribution in [2.75, 3.05) is 7.05 Å². The van der Waals surface area contributed by atoms with Gasteiger partial charge in [-0.25, -0.2) is 0 Å². The van der Waals surface area contributed by atoms with E-state index in [-0.39, 0.29) is 0 Å². The maximum atomic E-state index is 2.63. The van der Waals surface area contributed by atoms with Gasteiger partial charge in [0.15, 0.2) is 0 Å². The topological polar surface area (TPSA) is 3.24 Å². The van der Waals surface area contributed by atoms with Crippen LogP contribution >= 0.6 is 22.6 Å².